The van der Waals surface area contributed by atoms with Crippen LogP contribution in [-0.4, -0.2) is 90.2 Å². The molecule has 0 amide bonds. The van der Waals surface area contributed by atoms with E-state index in [1.807, 2.05) is 0 Å². The Morgan fingerprint density at radius 1 is 0.440 bits per heavy atom. The summed E-state index contributed by atoms with van der Waals surface area (Å²) in [5, 5.41) is 36.6. The zero-order valence-corrected chi connectivity index (χ0v) is 46.5. The van der Waals surface area contributed by atoms with E-state index >= 15 is 4.39 Å². The Bertz CT molecular complexity index is 3430. The van der Waals surface area contributed by atoms with Crippen LogP contribution < -0.4 is 21.3 Å². The van der Waals surface area contributed by atoms with E-state index in [2.05, 4.69) is 23.1 Å². The molecule has 4 aromatic carbocycles. The molecule has 0 aromatic heterocycles. The Labute approximate surface area is 474 Å². The summed E-state index contributed by atoms with van der Waals surface area (Å²) in [6.07, 6.45) is 3.25. The third-order valence-corrected chi connectivity index (χ3v) is 16.3. The number of anilines is 1. The van der Waals surface area contributed by atoms with E-state index < -0.39 is 236 Å². The average molecular weight is 1360 g/mol. The van der Waals surface area contributed by atoms with Crippen LogP contribution in [-0.2, 0) is 66.5 Å². The Morgan fingerprint density at radius 3 is 1.02 bits per heavy atom. The van der Waals surface area contributed by atoms with Crippen LogP contribution in [0.4, 0.5) is 80.3 Å². The van der Waals surface area contributed by atoms with Crippen LogP contribution in [0.3, 0.4) is 0 Å². The minimum atomic E-state index is -5.22. The van der Waals surface area contributed by atoms with E-state index in [4.69, 9.17) is 37.8 Å². The molecule has 0 unspecified atom stereocenters. The first-order valence-electron chi connectivity index (χ1n) is 22.3. The molecule has 0 radical (unpaired) electrons. The van der Waals surface area contributed by atoms with Gasteiger partial charge >= 0.3 is 17.9 Å². The topological polar surface area (TPSA) is 339 Å². The number of primary sulfonamides is 2. The smallest absolute Gasteiger partial charge is 0.304 e. The fraction of sp³-hybridized carbons (Fsp3) is 0.372. The Kier molecular flexibility index (Phi) is 29.1. The number of thiol groups is 1. The molecule has 84 heavy (non-hydrogen) atoms. The monoisotopic (exact) mass is 1360 g/mol. The fourth-order valence-corrected chi connectivity index (χ4v) is 11.2. The van der Waals surface area contributed by atoms with Gasteiger partial charge in [0, 0.05) is 29.5 Å². The van der Waals surface area contributed by atoms with Crippen molar-refractivity contribution in [1.82, 2.24) is 0 Å². The molecule has 0 atom stereocenters. The van der Waals surface area contributed by atoms with Gasteiger partial charge in [-0.1, -0.05) is 32.1 Å². The normalized spacial score (nSPS) is 13.1. The van der Waals surface area contributed by atoms with Crippen LogP contribution in [0, 0.1) is 98.9 Å². The van der Waals surface area contributed by atoms with E-state index in [0.29, 0.717) is 31.4 Å². The van der Waals surface area contributed by atoms with Crippen molar-refractivity contribution in [1.29, 1.82) is 0 Å². The predicted octanol–water partition coefficient (Wildman–Crippen LogP) is 8.02. The summed E-state index contributed by atoms with van der Waals surface area (Å²) in [5.41, 5.74) is 1.74. The number of hydrogen-bond donors (Lipinski definition) is 8. The Morgan fingerprint density at radius 2 is 0.726 bits per heavy atom. The van der Waals surface area contributed by atoms with Crippen molar-refractivity contribution in [2.45, 2.75) is 102 Å². The standard InChI is InChI=1S/C17H23F3N2O6S2.C9H7F4NO6S2.C7H2ClF5.C7H4F5N.C3H6O2S/c18-12-13(19)17(29(25,26)9-8-11(23)24)15(14(20)16(12)30(21,27)28)22-10-6-4-2-1-3-5-7-10;10-4-6(12)9(22(14,19)20)7(13)5(11)8(4)21(17,18)2-1-3(15)16;8-1-2-3(9)5(11)7(13)6(12)4(2)10;8-3-2(1-13)4(9)6(11)7(12)5(3)10;4-3(5)1-2-6/h10,22H,1-9H2,(H,23,24)(H2,21,27,28);1-2H2,(H,15,16)(H2,14,19,20);1H2;1,13H2;6H,1-2H2,(H,4,5). The van der Waals surface area contributed by atoms with Crippen LogP contribution in [0.1, 0.15) is 75.3 Å². The summed E-state index contributed by atoms with van der Waals surface area (Å²) >= 11 is 8.68. The second kappa shape index (κ2) is 32.1. The first kappa shape index (κ1) is 76.2. The quantitative estimate of drug-likeness (QED) is 0.0173. The number of carboxylic acids is 3. The highest BCUT2D eigenvalue weighted by Gasteiger charge is 2.39. The van der Waals surface area contributed by atoms with Gasteiger partial charge in [-0.05, 0) is 12.8 Å². The number of sulfonamides is 2. The highest BCUT2D eigenvalue weighted by atomic mass is 35.5. The van der Waals surface area contributed by atoms with E-state index in [9.17, 15) is 118 Å². The second-order valence-electron chi connectivity index (χ2n) is 16.4. The van der Waals surface area contributed by atoms with Crippen LogP contribution in [0.15, 0.2) is 19.6 Å². The number of benzene rings is 4. The maximum Gasteiger partial charge on any atom is 0.304 e. The lowest BCUT2D eigenvalue weighted by Crippen LogP contribution is -2.27. The summed E-state index contributed by atoms with van der Waals surface area (Å²) in [6, 6.07) is -0.522. The predicted molar refractivity (Wildman–Crippen MR) is 260 cm³/mol. The van der Waals surface area contributed by atoms with Crippen LogP contribution in [0.5, 0.6) is 0 Å². The lowest BCUT2D eigenvalue weighted by atomic mass is 9.96. The molecule has 0 heterocycles. The number of nitrogens with two attached hydrogens (primary N) is 3. The number of rotatable bonds is 16. The lowest BCUT2D eigenvalue weighted by molar-refractivity contribution is -0.137. The molecule has 4 aromatic rings. The van der Waals surface area contributed by atoms with Gasteiger partial charge in [0.15, 0.2) is 117 Å². The fourth-order valence-electron chi connectivity index (χ4n) is 6.55. The number of nitrogens with one attached hydrogen (secondary N) is 1. The molecule has 5 rings (SSSR count). The summed E-state index contributed by atoms with van der Waals surface area (Å²) in [6.45, 7) is -0.744. The zero-order valence-electron chi connectivity index (χ0n) is 41.6. The van der Waals surface area contributed by atoms with Gasteiger partial charge in [-0.25, -0.2) is 119 Å². The average Bonchev–Trinajstić information content (AvgIpc) is 3.57. The number of halogens is 18. The Hall–Kier alpha value is -5.78. The Balaban J connectivity index is 0.000000571. The van der Waals surface area contributed by atoms with Gasteiger partial charge in [0.25, 0.3) is 0 Å². The third kappa shape index (κ3) is 19.9. The van der Waals surface area contributed by atoms with Crippen molar-refractivity contribution in [2.75, 3.05) is 22.6 Å². The summed E-state index contributed by atoms with van der Waals surface area (Å²) in [4.78, 5) is 23.1. The molecular weight excluding hydrogens is 1320 g/mol. The van der Waals surface area contributed by atoms with Gasteiger partial charge < -0.3 is 26.4 Å². The molecule has 1 aliphatic carbocycles. The molecule has 0 bridgehead atoms. The molecule has 0 spiro atoms. The molecule has 10 N–H and O–H groups in total. The largest absolute Gasteiger partial charge is 0.481 e. The maximum absolute atomic E-state index is 15.0. The molecule has 41 heteroatoms. The molecule has 18 nitrogen and oxygen atoms in total. The van der Waals surface area contributed by atoms with E-state index in [-0.39, 0.29) is 6.42 Å². The maximum atomic E-state index is 15.0. The van der Waals surface area contributed by atoms with Crippen molar-refractivity contribution in [2.24, 2.45) is 16.0 Å². The number of hydrogen-bond acceptors (Lipinski definition) is 14. The first-order valence-corrected chi connectivity index (χ1v) is 29.9. The minimum Gasteiger partial charge on any atom is -0.481 e. The van der Waals surface area contributed by atoms with Crippen molar-refractivity contribution in [3.05, 3.63) is 110 Å². The van der Waals surface area contributed by atoms with Crippen LogP contribution >= 0.6 is 24.2 Å². The van der Waals surface area contributed by atoms with Crippen LogP contribution in [0.2, 0.25) is 0 Å². The van der Waals surface area contributed by atoms with Crippen molar-refractivity contribution < 1.29 is 138 Å². The second-order valence-corrected chi connectivity index (χ2v) is 24.2. The molecule has 1 fully saturated rings. The van der Waals surface area contributed by atoms with E-state index in [1.54, 1.807) is 0 Å². The SMILES string of the molecule is Fc1c(F)c(F)c(CCl)c(F)c1F.NCc1c(F)c(F)c(F)c(F)c1F.NS(=O)(=O)c1c(F)c(F)c(S(=O)(=O)CCC(=O)O)c(F)c1F.NS(=O)(=O)c1c(F)c(F)c(S(=O)(=O)CCC(=O)O)c(NC2CCCCCCC2)c1F.O=C(O)CCS. The summed E-state index contributed by atoms with van der Waals surface area (Å²) in [5.74, 6) is -42.9. The third-order valence-electron chi connectivity index (χ3n) is 10.5. The highest BCUT2D eigenvalue weighted by Crippen LogP contribution is 2.38. The minimum absolute atomic E-state index is 0.156. The molecule has 1 aliphatic rings. The van der Waals surface area contributed by atoms with Crippen molar-refractivity contribution >= 4 is 87.5 Å². The first-order chi connectivity index (χ1) is 38.4. The molecular formula is C43H42ClF17N4O14S5. The molecule has 0 saturated heterocycles. The van der Waals surface area contributed by atoms with E-state index in [1.165, 1.54) is 0 Å². The molecule has 0 aliphatic heterocycles. The number of carboxylic acid groups (broad SMARTS) is 3. The van der Waals surface area contributed by atoms with Gasteiger partial charge in [0.1, 0.15) is 9.79 Å². The van der Waals surface area contributed by atoms with Gasteiger partial charge in [0.05, 0.1) is 42.3 Å². The highest BCUT2D eigenvalue weighted by molar-refractivity contribution is 7.92. The zero-order chi connectivity index (χ0) is 65.5. The number of alkyl halides is 1. The van der Waals surface area contributed by atoms with Gasteiger partial charge in [0.2, 0.25) is 31.7 Å². The number of carbonyl (C=O) groups is 3. The van der Waals surface area contributed by atoms with Gasteiger partial charge in [-0.2, -0.15) is 12.6 Å². The number of sulfone groups is 2. The van der Waals surface area contributed by atoms with Gasteiger partial charge in [-0.3, -0.25) is 14.4 Å². The van der Waals surface area contributed by atoms with Crippen LogP contribution in [0.25, 0.3) is 0 Å². The number of aliphatic carboxylic acids is 3. The molecule has 1 saturated carbocycles. The molecule has 474 valence electrons. The van der Waals surface area contributed by atoms with Crippen molar-refractivity contribution in [3.63, 3.8) is 0 Å². The summed E-state index contributed by atoms with van der Waals surface area (Å²) in [7, 11) is -20.2. The van der Waals surface area contributed by atoms with Crippen molar-refractivity contribution in [3.8, 4) is 0 Å². The summed E-state index contributed by atoms with van der Waals surface area (Å²) < 4.78 is 316. The van der Waals surface area contributed by atoms with Gasteiger partial charge in [-0.15, -0.1) is 11.6 Å². The lowest BCUT2D eigenvalue weighted by Gasteiger charge is -2.25. The van der Waals surface area contributed by atoms with E-state index in [0.717, 1.165) is 19.3 Å².